The van der Waals surface area contributed by atoms with Crippen LogP contribution in [0.15, 0.2) is 42.0 Å². The van der Waals surface area contributed by atoms with E-state index in [0.29, 0.717) is 0 Å². The van der Waals surface area contributed by atoms with Crippen LogP contribution in [-0.4, -0.2) is 0 Å². The Kier molecular flexibility index (Phi) is 0.586. The fourth-order valence-corrected chi connectivity index (χ4v) is 9.46. The summed E-state index contributed by atoms with van der Waals surface area (Å²) in [5.41, 5.74) is 0. The van der Waals surface area contributed by atoms with E-state index in [1.54, 1.807) is 8.87 Å². The summed E-state index contributed by atoms with van der Waals surface area (Å²) in [6.07, 6.45) is 12.0. The fourth-order valence-electron chi connectivity index (χ4n) is 2.48. The van der Waals surface area contributed by atoms with Gasteiger partial charge in [0.1, 0.15) is 0 Å². The molecule has 0 aromatic carbocycles. The number of allylic oxidation sites excluding steroid dienone is 8. The molecule has 0 aromatic heterocycles. The molecule has 4 rings (SSSR count). The van der Waals surface area contributed by atoms with Crippen LogP contribution in [0.3, 0.4) is 0 Å². The molecule has 0 N–H and O–H groups in total. The second-order valence-electron chi connectivity index (χ2n) is 3.40. The van der Waals surface area contributed by atoms with Crippen molar-refractivity contribution in [2.45, 2.75) is 12.8 Å². The molecule has 1 heteroatoms. The molecule has 0 unspecified atom stereocenters. The Morgan fingerprint density at radius 3 is 1.82 bits per heavy atom. The SMILES string of the molecule is C1=C[C]2=[C](C1)[Cr]21[C]2=[C]1CC=C2. The third kappa shape index (κ3) is 0.342. The van der Waals surface area contributed by atoms with Crippen molar-refractivity contribution in [3.8, 4) is 0 Å². The van der Waals surface area contributed by atoms with Gasteiger partial charge in [0, 0.05) is 0 Å². The molecular formula is C10H8Cr. The first-order valence-electron chi connectivity index (χ1n) is 4.08. The summed E-state index contributed by atoms with van der Waals surface area (Å²) in [5, 5.41) is 0. The van der Waals surface area contributed by atoms with E-state index in [-0.39, 0.29) is 0 Å². The molecule has 4 aliphatic rings. The van der Waals surface area contributed by atoms with Crippen LogP contribution < -0.4 is 0 Å². The van der Waals surface area contributed by atoms with E-state index in [1.807, 2.05) is 8.87 Å². The van der Waals surface area contributed by atoms with Crippen LogP contribution >= 0.6 is 0 Å². The molecule has 1 spiro atoms. The van der Waals surface area contributed by atoms with Crippen molar-refractivity contribution in [2.24, 2.45) is 0 Å². The van der Waals surface area contributed by atoms with Gasteiger partial charge in [-0.15, -0.1) is 0 Å². The van der Waals surface area contributed by atoms with Crippen LogP contribution in [0.4, 0.5) is 0 Å². The zero-order chi connectivity index (χ0) is 7.05. The van der Waals surface area contributed by atoms with Crippen LogP contribution in [0.5, 0.6) is 0 Å². The Hall–Kier alpha value is -0.508. The van der Waals surface area contributed by atoms with Crippen molar-refractivity contribution in [2.75, 3.05) is 0 Å². The minimum atomic E-state index is -1.09. The number of rotatable bonds is 0. The van der Waals surface area contributed by atoms with Gasteiger partial charge in [-0.05, 0) is 0 Å². The quantitative estimate of drug-likeness (QED) is 0.537. The third-order valence-electron chi connectivity index (χ3n) is 3.01. The van der Waals surface area contributed by atoms with E-state index in [2.05, 4.69) is 24.3 Å². The van der Waals surface area contributed by atoms with E-state index in [1.165, 1.54) is 12.8 Å². The van der Waals surface area contributed by atoms with Gasteiger partial charge in [-0.25, -0.2) is 0 Å². The Morgan fingerprint density at radius 1 is 0.909 bits per heavy atom. The summed E-state index contributed by atoms with van der Waals surface area (Å²) < 4.78 is 7.34. The normalized spacial score (nSPS) is 34.9. The predicted octanol–water partition coefficient (Wildman–Crippen LogP) is 2.51. The average molecular weight is 180 g/mol. The molecule has 0 aromatic rings. The Bertz CT molecular complexity index is 365. The van der Waals surface area contributed by atoms with Gasteiger partial charge >= 0.3 is 68.0 Å². The summed E-state index contributed by atoms with van der Waals surface area (Å²) in [6.45, 7) is 0. The third-order valence-corrected chi connectivity index (χ3v) is 9.14. The molecule has 0 radical (unpaired) electrons. The standard InChI is InChI=1S/2C5H4.Cr/c2*1-2-4-5-3-1;/h2*1-2H,3H2;. The number of fused-ring (bicyclic) bond motifs is 4. The molecule has 0 bridgehead atoms. The molecule has 0 amide bonds. The van der Waals surface area contributed by atoms with Crippen LogP contribution in [0, 0.1) is 0 Å². The maximum absolute atomic E-state index is 2.39. The second kappa shape index (κ2) is 1.24. The predicted molar refractivity (Wildman–Crippen MR) is 41.6 cm³/mol. The van der Waals surface area contributed by atoms with Crippen LogP contribution in [0.2, 0.25) is 0 Å². The zero-order valence-corrected chi connectivity index (χ0v) is 7.41. The molecule has 2 aliphatic carbocycles. The first-order chi connectivity index (χ1) is 5.45. The average Bonchev–Trinajstić information content (AvgIpc) is 2.68. The number of hydrogen-bond donors (Lipinski definition) is 0. The molecule has 0 nitrogen and oxygen atoms in total. The van der Waals surface area contributed by atoms with Gasteiger partial charge in [0.2, 0.25) is 0 Å². The van der Waals surface area contributed by atoms with Crippen molar-refractivity contribution in [3.05, 3.63) is 42.0 Å². The minimum absolute atomic E-state index is 1.09. The monoisotopic (exact) mass is 180 g/mol. The van der Waals surface area contributed by atoms with Crippen molar-refractivity contribution in [3.63, 3.8) is 0 Å². The summed E-state index contributed by atoms with van der Waals surface area (Å²) in [4.78, 5) is 0. The summed E-state index contributed by atoms with van der Waals surface area (Å²) in [6, 6.07) is 0. The Labute approximate surface area is 68.3 Å². The Morgan fingerprint density at radius 2 is 1.45 bits per heavy atom. The molecule has 0 fully saturated rings. The fraction of sp³-hybridized carbons (Fsp3) is 0.200. The van der Waals surface area contributed by atoms with Gasteiger partial charge < -0.3 is 0 Å². The first-order valence-corrected chi connectivity index (χ1v) is 6.63. The van der Waals surface area contributed by atoms with Crippen molar-refractivity contribution < 1.29 is 13.1 Å². The summed E-state index contributed by atoms with van der Waals surface area (Å²) in [5.74, 6) is 0. The van der Waals surface area contributed by atoms with Crippen LogP contribution in [0.1, 0.15) is 12.8 Å². The van der Waals surface area contributed by atoms with E-state index < -0.39 is 13.1 Å². The molecule has 11 heavy (non-hydrogen) atoms. The second-order valence-corrected chi connectivity index (χ2v) is 8.23. The van der Waals surface area contributed by atoms with Gasteiger partial charge in [0.15, 0.2) is 0 Å². The van der Waals surface area contributed by atoms with E-state index in [9.17, 15) is 0 Å². The first kappa shape index (κ1) is 5.19. The van der Waals surface area contributed by atoms with Crippen LogP contribution in [-0.2, 0) is 13.1 Å². The molecule has 0 saturated heterocycles. The zero-order valence-electron chi connectivity index (χ0n) is 6.13. The van der Waals surface area contributed by atoms with Gasteiger partial charge in [-0.2, -0.15) is 0 Å². The Balaban J connectivity index is 1.84. The van der Waals surface area contributed by atoms with Crippen molar-refractivity contribution in [1.82, 2.24) is 0 Å². The van der Waals surface area contributed by atoms with Crippen molar-refractivity contribution >= 4 is 0 Å². The molecule has 0 saturated carbocycles. The van der Waals surface area contributed by atoms with Gasteiger partial charge in [-0.1, -0.05) is 0 Å². The molecule has 2 heterocycles. The van der Waals surface area contributed by atoms with E-state index >= 15 is 0 Å². The van der Waals surface area contributed by atoms with E-state index in [0.717, 1.165) is 0 Å². The van der Waals surface area contributed by atoms with Gasteiger partial charge in [0.05, 0.1) is 0 Å². The van der Waals surface area contributed by atoms with Gasteiger partial charge in [-0.3, -0.25) is 0 Å². The molecule has 54 valence electrons. The van der Waals surface area contributed by atoms with Gasteiger partial charge in [0.25, 0.3) is 0 Å². The topological polar surface area (TPSA) is 0 Å². The van der Waals surface area contributed by atoms with E-state index in [4.69, 9.17) is 0 Å². The molecular weight excluding hydrogens is 172 g/mol. The summed E-state index contributed by atoms with van der Waals surface area (Å²) >= 11 is -1.09. The van der Waals surface area contributed by atoms with Crippen LogP contribution in [0.25, 0.3) is 0 Å². The maximum atomic E-state index is 2.39. The summed E-state index contributed by atoms with van der Waals surface area (Å²) in [7, 11) is 0. The number of hydrogen-bond acceptors (Lipinski definition) is 0. The molecule has 2 aliphatic heterocycles. The van der Waals surface area contributed by atoms with Crippen molar-refractivity contribution in [1.29, 1.82) is 0 Å². The molecule has 0 atom stereocenters.